The van der Waals surface area contributed by atoms with Crippen LogP contribution in [-0.2, 0) is 12.8 Å². The van der Waals surface area contributed by atoms with Gasteiger partial charge in [0.15, 0.2) is 0 Å². The summed E-state index contributed by atoms with van der Waals surface area (Å²) in [7, 11) is 2.11. The lowest BCUT2D eigenvalue weighted by Crippen LogP contribution is -2.23. The van der Waals surface area contributed by atoms with Crippen molar-refractivity contribution < 1.29 is 0 Å². The molecule has 0 aliphatic heterocycles. The largest absolute Gasteiger partial charge is 0.359 e. The first-order chi connectivity index (χ1) is 7.83. The van der Waals surface area contributed by atoms with Crippen molar-refractivity contribution in [3.63, 3.8) is 0 Å². The fourth-order valence-corrected chi connectivity index (χ4v) is 2.77. The Kier molecular flexibility index (Phi) is 4.16. The maximum absolute atomic E-state index is 4.45. The molecule has 0 spiro atoms. The Labute approximate surface area is 105 Å². The van der Waals surface area contributed by atoms with Crippen LogP contribution in [0.3, 0.4) is 0 Å². The summed E-state index contributed by atoms with van der Waals surface area (Å²) in [6.45, 7) is 0.990. The molecule has 1 aliphatic carbocycles. The summed E-state index contributed by atoms with van der Waals surface area (Å²) < 4.78 is 0. The van der Waals surface area contributed by atoms with Crippen LogP contribution >= 0.6 is 15.9 Å². The van der Waals surface area contributed by atoms with E-state index in [1.807, 2.05) is 0 Å². The lowest BCUT2D eigenvalue weighted by atomic mass is 10.1. The van der Waals surface area contributed by atoms with E-state index in [-0.39, 0.29) is 0 Å². The first kappa shape index (κ1) is 11.8. The predicted molar refractivity (Wildman–Crippen MR) is 70.4 cm³/mol. The van der Waals surface area contributed by atoms with Crippen LogP contribution in [0.5, 0.6) is 0 Å². The third-order valence-electron chi connectivity index (χ3n) is 3.13. The first-order valence-corrected chi connectivity index (χ1v) is 7.05. The van der Waals surface area contributed by atoms with E-state index >= 15 is 0 Å². The van der Waals surface area contributed by atoms with Gasteiger partial charge in [-0.25, -0.2) is 9.97 Å². The topological polar surface area (TPSA) is 29.0 Å². The maximum Gasteiger partial charge on any atom is 0.135 e. The van der Waals surface area contributed by atoms with Crippen LogP contribution in [0.2, 0.25) is 0 Å². The highest BCUT2D eigenvalue weighted by molar-refractivity contribution is 9.09. The van der Waals surface area contributed by atoms with Crippen molar-refractivity contribution in [3.8, 4) is 0 Å². The number of aromatic nitrogens is 2. The lowest BCUT2D eigenvalue weighted by Gasteiger charge is -2.20. The Balaban J connectivity index is 2.30. The Hall–Kier alpha value is -0.640. The summed E-state index contributed by atoms with van der Waals surface area (Å²) in [5.74, 6) is 1.13. The van der Waals surface area contributed by atoms with Gasteiger partial charge < -0.3 is 4.90 Å². The van der Waals surface area contributed by atoms with Crippen molar-refractivity contribution in [3.05, 3.63) is 17.6 Å². The number of hydrogen-bond acceptors (Lipinski definition) is 3. The van der Waals surface area contributed by atoms with E-state index < -0.39 is 0 Å². The van der Waals surface area contributed by atoms with Crippen molar-refractivity contribution >= 4 is 21.7 Å². The van der Waals surface area contributed by atoms with E-state index in [1.165, 1.54) is 30.5 Å². The summed E-state index contributed by atoms with van der Waals surface area (Å²) in [4.78, 5) is 11.1. The number of nitrogens with zero attached hydrogens (tertiary/aromatic N) is 3. The second-order valence-electron chi connectivity index (χ2n) is 4.29. The normalized spacial score (nSPS) is 15.4. The van der Waals surface area contributed by atoms with Gasteiger partial charge in [0.2, 0.25) is 0 Å². The quantitative estimate of drug-likeness (QED) is 0.631. The third kappa shape index (κ3) is 2.54. The molecular weight excluding hydrogens is 266 g/mol. The van der Waals surface area contributed by atoms with E-state index in [4.69, 9.17) is 0 Å². The van der Waals surface area contributed by atoms with Gasteiger partial charge >= 0.3 is 0 Å². The Morgan fingerprint density at radius 2 is 2.06 bits per heavy atom. The molecule has 0 saturated heterocycles. The van der Waals surface area contributed by atoms with Gasteiger partial charge in [-0.3, -0.25) is 0 Å². The molecule has 16 heavy (non-hydrogen) atoms. The molecule has 0 aromatic carbocycles. The molecule has 1 aromatic heterocycles. The Bertz CT molecular complexity index is 354. The molecule has 3 nitrogen and oxygen atoms in total. The van der Waals surface area contributed by atoms with Gasteiger partial charge in [-0.1, -0.05) is 22.4 Å². The van der Waals surface area contributed by atoms with Crippen molar-refractivity contribution in [1.82, 2.24) is 9.97 Å². The van der Waals surface area contributed by atoms with Gasteiger partial charge in [-0.05, 0) is 25.7 Å². The number of halogens is 1. The smallest absolute Gasteiger partial charge is 0.135 e. The molecule has 4 heteroatoms. The minimum atomic E-state index is 0.974. The molecule has 1 aromatic rings. The molecule has 88 valence electrons. The van der Waals surface area contributed by atoms with Gasteiger partial charge in [0.1, 0.15) is 12.1 Å². The third-order valence-corrected chi connectivity index (χ3v) is 3.49. The fraction of sp³-hybridized carbons (Fsp3) is 0.667. The predicted octanol–water partition coefficient (Wildman–Crippen LogP) is 2.58. The highest BCUT2D eigenvalue weighted by Gasteiger charge is 2.16. The van der Waals surface area contributed by atoms with Gasteiger partial charge in [0.25, 0.3) is 0 Å². The summed E-state index contributed by atoms with van der Waals surface area (Å²) in [6.07, 6.45) is 7.83. The molecule has 0 saturated carbocycles. The van der Waals surface area contributed by atoms with Crippen LogP contribution in [0.4, 0.5) is 5.82 Å². The van der Waals surface area contributed by atoms with E-state index in [0.717, 1.165) is 30.5 Å². The second-order valence-corrected chi connectivity index (χ2v) is 5.09. The molecule has 0 unspecified atom stereocenters. The molecule has 0 amide bonds. The van der Waals surface area contributed by atoms with Crippen molar-refractivity contribution in [1.29, 1.82) is 0 Å². The van der Waals surface area contributed by atoms with E-state index in [1.54, 1.807) is 6.33 Å². The van der Waals surface area contributed by atoms with Crippen molar-refractivity contribution in [2.45, 2.75) is 32.1 Å². The van der Waals surface area contributed by atoms with E-state index in [2.05, 4.69) is 37.8 Å². The van der Waals surface area contributed by atoms with Crippen LogP contribution in [0.15, 0.2) is 6.33 Å². The Morgan fingerprint density at radius 1 is 1.25 bits per heavy atom. The average molecular weight is 284 g/mol. The van der Waals surface area contributed by atoms with Gasteiger partial charge in [0.05, 0.1) is 0 Å². The number of aryl methyl sites for hydroxylation is 1. The van der Waals surface area contributed by atoms with E-state index in [0.29, 0.717) is 0 Å². The zero-order chi connectivity index (χ0) is 11.4. The molecule has 0 fully saturated rings. The molecule has 1 heterocycles. The average Bonchev–Trinajstić information content (AvgIpc) is 2.53. The highest BCUT2D eigenvalue weighted by atomic mass is 79.9. The SMILES string of the molecule is CN(CCBr)c1ncnc2c1CCCCC2. The number of alkyl halides is 1. The van der Waals surface area contributed by atoms with E-state index in [9.17, 15) is 0 Å². The zero-order valence-corrected chi connectivity index (χ0v) is 11.3. The number of hydrogen-bond donors (Lipinski definition) is 0. The Morgan fingerprint density at radius 3 is 2.88 bits per heavy atom. The van der Waals surface area contributed by atoms with Crippen molar-refractivity contribution in [2.24, 2.45) is 0 Å². The van der Waals surface area contributed by atoms with Crippen LogP contribution < -0.4 is 4.90 Å². The fourth-order valence-electron chi connectivity index (χ4n) is 2.24. The van der Waals surface area contributed by atoms with Crippen LogP contribution in [0.25, 0.3) is 0 Å². The summed E-state index contributed by atoms with van der Waals surface area (Å²) in [6, 6.07) is 0. The highest BCUT2D eigenvalue weighted by Crippen LogP contribution is 2.25. The van der Waals surface area contributed by atoms with Gasteiger partial charge in [0, 0.05) is 30.2 Å². The summed E-state index contributed by atoms with van der Waals surface area (Å²) in [5, 5.41) is 0.974. The maximum atomic E-state index is 4.45. The molecule has 0 bridgehead atoms. The minimum Gasteiger partial charge on any atom is -0.359 e. The molecule has 0 N–H and O–H groups in total. The molecule has 0 atom stereocenters. The number of fused-ring (bicyclic) bond motifs is 1. The molecule has 0 radical (unpaired) electrons. The monoisotopic (exact) mass is 283 g/mol. The molecular formula is C12H18BrN3. The standard InChI is InChI=1S/C12H18BrN3/c1-16(8-7-13)12-10-5-3-2-4-6-11(10)14-9-15-12/h9H,2-8H2,1H3. The molecule has 2 rings (SSSR count). The van der Waals surface area contributed by atoms with Gasteiger partial charge in [-0.15, -0.1) is 0 Å². The number of rotatable bonds is 3. The van der Waals surface area contributed by atoms with Crippen molar-refractivity contribution in [2.75, 3.05) is 23.8 Å². The minimum absolute atomic E-state index is 0.974. The molecule has 1 aliphatic rings. The lowest BCUT2D eigenvalue weighted by molar-refractivity contribution is 0.708. The first-order valence-electron chi connectivity index (χ1n) is 5.93. The summed E-state index contributed by atoms with van der Waals surface area (Å²) >= 11 is 3.47. The van der Waals surface area contributed by atoms with Crippen LogP contribution in [0.1, 0.15) is 30.5 Å². The van der Waals surface area contributed by atoms with Gasteiger partial charge in [-0.2, -0.15) is 0 Å². The number of anilines is 1. The van der Waals surface area contributed by atoms with Crippen LogP contribution in [0, 0.1) is 0 Å². The second kappa shape index (κ2) is 5.62. The summed E-state index contributed by atoms with van der Waals surface area (Å²) in [5.41, 5.74) is 2.65. The zero-order valence-electron chi connectivity index (χ0n) is 9.75. The van der Waals surface area contributed by atoms with Crippen LogP contribution in [-0.4, -0.2) is 28.9 Å².